The van der Waals surface area contributed by atoms with Gasteiger partial charge in [-0.1, -0.05) is 70.4 Å². The summed E-state index contributed by atoms with van der Waals surface area (Å²) in [5.74, 6) is 2.59. The first kappa shape index (κ1) is 23.0. The third kappa shape index (κ3) is 13.0. The van der Waals surface area contributed by atoms with Crippen molar-refractivity contribution in [2.24, 2.45) is 0 Å². The largest absolute Gasteiger partial charge is 0.197 e. The van der Waals surface area contributed by atoms with Crippen molar-refractivity contribution in [1.29, 1.82) is 0 Å². The van der Waals surface area contributed by atoms with E-state index in [1.165, 1.54) is 75.7 Å². The fourth-order valence-corrected chi connectivity index (χ4v) is 6.19. The SMILES string of the molecule is BrCCSC1CCCCC1.BrCCSC1CCCCC1.S. The number of rotatable bonds is 6. The van der Waals surface area contributed by atoms with Gasteiger partial charge in [0.05, 0.1) is 0 Å². The molecule has 0 aromatic rings. The molecule has 5 heteroatoms. The van der Waals surface area contributed by atoms with E-state index in [1.807, 2.05) is 0 Å². The second-order valence-corrected chi connectivity index (χ2v) is 10.0. The maximum absolute atomic E-state index is 3.46. The molecule has 2 rings (SSSR count). The van der Waals surface area contributed by atoms with E-state index in [-0.39, 0.29) is 13.5 Å². The van der Waals surface area contributed by atoms with Gasteiger partial charge < -0.3 is 0 Å². The Kier molecular flexibility index (Phi) is 18.5. The van der Waals surface area contributed by atoms with Gasteiger partial charge in [-0.2, -0.15) is 37.0 Å². The summed E-state index contributed by atoms with van der Waals surface area (Å²) >= 11 is 11.2. The third-order valence-electron chi connectivity index (χ3n) is 3.97. The van der Waals surface area contributed by atoms with Crippen molar-refractivity contribution in [3.63, 3.8) is 0 Å². The van der Waals surface area contributed by atoms with Crippen LogP contribution >= 0.6 is 68.9 Å². The zero-order valence-corrected chi connectivity index (χ0v) is 18.9. The maximum Gasteiger partial charge on any atom is 0.0122 e. The average Bonchev–Trinajstić information content (AvgIpc) is 2.53. The van der Waals surface area contributed by atoms with E-state index in [9.17, 15) is 0 Å². The van der Waals surface area contributed by atoms with E-state index >= 15 is 0 Å². The normalized spacial score (nSPS) is 20.3. The zero-order valence-electron chi connectivity index (χ0n) is 13.1. The van der Waals surface area contributed by atoms with E-state index in [0.29, 0.717) is 0 Å². The summed E-state index contributed by atoms with van der Waals surface area (Å²) < 4.78 is 0. The summed E-state index contributed by atoms with van der Waals surface area (Å²) in [6.07, 6.45) is 14.7. The number of alkyl halides is 2. The van der Waals surface area contributed by atoms with Crippen LogP contribution in [0.4, 0.5) is 0 Å². The summed E-state index contributed by atoms with van der Waals surface area (Å²) in [4.78, 5) is 0. The van der Waals surface area contributed by atoms with Gasteiger partial charge in [-0.3, -0.25) is 0 Å². The minimum absolute atomic E-state index is 0. The molecule has 0 atom stereocenters. The molecule has 2 fully saturated rings. The second-order valence-electron chi connectivity index (χ2n) is 5.64. The Hall–Kier alpha value is 2.01. The van der Waals surface area contributed by atoms with Gasteiger partial charge in [-0.05, 0) is 25.7 Å². The van der Waals surface area contributed by atoms with Crippen molar-refractivity contribution < 1.29 is 0 Å². The first-order valence-electron chi connectivity index (χ1n) is 8.22. The molecule has 0 unspecified atom stereocenters. The maximum atomic E-state index is 3.46. The molecule has 0 saturated heterocycles. The summed E-state index contributed by atoms with van der Waals surface area (Å²) in [5.41, 5.74) is 0. The van der Waals surface area contributed by atoms with Crippen LogP contribution in [0.15, 0.2) is 0 Å². The lowest BCUT2D eigenvalue weighted by Crippen LogP contribution is -2.08. The molecule has 0 spiro atoms. The molecule has 0 aromatic carbocycles. The molecule has 128 valence electrons. The van der Waals surface area contributed by atoms with Crippen molar-refractivity contribution in [3.8, 4) is 0 Å². The molecule has 0 amide bonds. The molecular weight excluding hydrogens is 448 g/mol. The van der Waals surface area contributed by atoms with Crippen LogP contribution in [0.2, 0.25) is 0 Å². The first-order chi connectivity index (χ1) is 9.86. The van der Waals surface area contributed by atoms with E-state index in [1.54, 1.807) is 0 Å². The Balaban J connectivity index is 0.000000364. The highest BCUT2D eigenvalue weighted by Gasteiger charge is 2.13. The van der Waals surface area contributed by atoms with Crippen molar-refractivity contribution in [2.45, 2.75) is 74.7 Å². The molecule has 2 saturated carbocycles. The molecule has 0 radical (unpaired) electrons. The second kappa shape index (κ2) is 16.9. The summed E-state index contributed by atoms with van der Waals surface area (Å²) in [6, 6.07) is 0. The van der Waals surface area contributed by atoms with Gasteiger partial charge in [0.1, 0.15) is 0 Å². The van der Waals surface area contributed by atoms with Crippen molar-refractivity contribution >= 4 is 68.9 Å². The quantitative estimate of drug-likeness (QED) is 0.375. The lowest BCUT2D eigenvalue weighted by molar-refractivity contribution is 0.516. The van der Waals surface area contributed by atoms with Crippen LogP contribution in [-0.4, -0.2) is 32.7 Å². The molecule has 0 aliphatic heterocycles. The Labute approximate surface area is 164 Å². The molecule has 0 aromatic heterocycles. The molecule has 0 nitrogen and oxygen atoms in total. The predicted octanol–water partition coefficient (Wildman–Crippen LogP) is 7.01. The molecule has 2 aliphatic rings. The minimum Gasteiger partial charge on any atom is -0.197 e. The van der Waals surface area contributed by atoms with E-state index in [2.05, 4.69) is 55.4 Å². The smallest absolute Gasteiger partial charge is 0.0122 e. The molecule has 0 N–H and O–H groups in total. The lowest BCUT2D eigenvalue weighted by atomic mass is 10.0. The first-order valence-corrected chi connectivity index (χ1v) is 12.6. The van der Waals surface area contributed by atoms with Crippen molar-refractivity contribution in [2.75, 3.05) is 22.2 Å². The van der Waals surface area contributed by atoms with E-state index in [0.717, 1.165) is 21.2 Å². The Morgan fingerprint density at radius 3 is 1.24 bits per heavy atom. The predicted molar refractivity (Wildman–Crippen MR) is 117 cm³/mol. The summed E-state index contributed by atoms with van der Waals surface area (Å²) in [7, 11) is 0. The average molecular weight is 480 g/mol. The number of hydrogen-bond acceptors (Lipinski definition) is 2. The molecule has 21 heavy (non-hydrogen) atoms. The Bertz CT molecular complexity index is 184. The zero-order chi connectivity index (χ0) is 14.5. The van der Waals surface area contributed by atoms with Crippen LogP contribution in [-0.2, 0) is 0 Å². The molecular formula is C16H32Br2S3. The fraction of sp³-hybridized carbons (Fsp3) is 1.00. The van der Waals surface area contributed by atoms with Gasteiger partial charge in [-0.25, -0.2) is 0 Å². The van der Waals surface area contributed by atoms with Gasteiger partial charge in [-0.15, -0.1) is 0 Å². The van der Waals surface area contributed by atoms with Crippen LogP contribution in [0.5, 0.6) is 0 Å². The minimum atomic E-state index is 0. The Morgan fingerprint density at radius 1 is 0.619 bits per heavy atom. The monoisotopic (exact) mass is 478 g/mol. The van der Waals surface area contributed by atoms with Crippen LogP contribution in [0.1, 0.15) is 64.2 Å². The standard InChI is InChI=1S/2C8H15BrS.H2S/c2*9-6-7-10-8-4-2-1-3-5-8;/h2*8H,1-7H2;1H2. The van der Waals surface area contributed by atoms with Crippen molar-refractivity contribution in [1.82, 2.24) is 0 Å². The Morgan fingerprint density at radius 2 is 0.952 bits per heavy atom. The number of hydrogen-bond donors (Lipinski definition) is 0. The highest BCUT2D eigenvalue weighted by Crippen LogP contribution is 2.28. The van der Waals surface area contributed by atoms with Gasteiger partial charge >= 0.3 is 0 Å². The fourth-order valence-electron chi connectivity index (χ4n) is 2.89. The highest BCUT2D eigenvalue weighted by molar-refractivity contribution is 9.09. The lowest BCUT2D eigenvalue weighted by Gasteiger charge is -2.20. The van der Waals surface area contributed by atoms with Crippen molar-refractivity contribution in [3.05, 3.63) is 0 Å². The molecule has 0 heterocycles. The topological polar surface area (TPSA) is 0 Å². The van der Waals surface area contributed by atoms with E-state index < -0.39 is 0 Å². The number of halogens is 2. The van der Waals surface area contributed by atoms with Crippen LogP contribution < -0.4 is 0 Å². The molecule has 2 aliphatic carbocycles. The molecule has 0 bridgehead atoms. The van der Waals surface area contributed by atoms with Gasteiger partial charge in [0.2, 0.25) is 0 Å². The van der Waals surface area contributed by atoms with Gasteiger partial charge in [0.25, 0.3) is 0 Å². The van der Waals surface area contributed by atoms with E-state index in [4.69, 9.17) is 0 Å². The third-order valence-corrected chi connectivity index (χ3v) is 8.57. The summed E-state index contributed by atoms with van der Waals surface area (Å²) in [5, 5.41) is 4.31. The van der Waals surface area contributed by atoms with Crippen LogP contribution in [0, 0.1) is 0 Å². The number of thioether (sulfide) groups is 2. The van der Waals surface area contributed by atoms with Crippen LogP contribution in [0.25, 0.3) is 0 Å². The van der Waals surface area contributed by atoms with Gasteiger partial charge in [0.15, 0.2) is 0 Å². The van der Waals surface area contributed by atoms with Crippen LogP contribution in [0.3, 0.4) is 0 Å². The highest BCUT2D eigenvalue weighted by atomic mass is 79.9. The van der Waals surface area contributed by atoms with Gasteiger partial charge in [0, 0.05) is 32.7 Å². The summed E-state index contributed by atoms with van der Waals surface area (Å²) in [6.45, 7) is 0.